The molecule has 0 saturated carbocycles. The van der Waals surface area contributed by atoms with E-state index in [2.05, 4.69) is 41.5 Å². The molecule has 2 heterocycles. The number of hydrogen-bond acceptors (Lipinski definition) is 3. The highest BCUT2D eigenvalue weighted by Gasteiger charge is 2.15. The fourth-order valence-corrected chi connectivity index (χ4v) is 3.22. The van der Waals surface area contributed by atoms with Gasteiger partial charge in [0.1, 0.15) is 0 Å². The van der Waals surface area contributed by atoms with Gasteiger partial charge < -0.3 is 5.32 Å². The quantitative estimate of drug-likeness (QED) is 0.524. The Kier molecular flexibility index (Phi) is 4.85. The SMILES string of the molecule is CCc1ccc(-c2cc(C(=O)Nc3cccnc3)c3cc(C)ccc3n2)cc1. The number of hydrogen-bond donors (Lipinski definition) is 1. The number of amides is 1. The third-order valence-corrected chi connectivity index (χ3v) is 4.79. The molecule has 28 heavy (non-hydrogen) atoms. The summed E-state index contributed by atoms with van der Waals surface area (Å²) in [7, 11) is 0. The number of anilines is 1. The number of carbonyl (C=O) groups is 1. The van der Waals surface area contributed by atoms with Crippen LogP contribution in [0.4, 0.5) is 5.69 Å². The fourth-order valence-electron chi connectivity index (χ4n) is 3.22. The zero-order chi connectivity index (χ0) is 19.5. The molecule has 4 nitrogen and oxygen atoms in total. The fraction of sp³-hybridized carbons (Fsp3) is 0.125. The van der Waals surface area contributed by atoms with Crippen molar-refractivity contribution < 1.29 is 4.79 Å². The van der Waals surface area contributed by atoms with E-state index in [9.17, 15) is 4.79 Å². The Morgan fingerprint density at radius 2 is 1.86 bits per heavy atom. The summed E-state index contributed by atoms with van der Waals surface area (Å²) in [5.74, 6) is -0.169. The van der Waals surface area contributed by atoms with Gasteiger partial charge in [0.05, 0.1) is 28.7 Å². The molecule has 0 radical (unpaired) electrons. The standard InChI is InChI=1S/C24H21N3O/c1-3-17-7-9-18(10-8-17)23-14-21(20-13-16(2)6-11-22(20)27-23)24(28)26-19-5-4-12-25-15-19/h4-15H,3H2,1-2H3,(H,26,28). The van der Waals surface area contributed by atoms with E-state index in [0.717, 1.165) is 34.1 Å². The Morgan fingerprint density at radius 3 is 2.57 bits per heavy atom. The van der Waals surface area contributed by atoms with Crippen LogP contribution >= 0.6 is 0 Å². The lowest BCUT2D eigenvalue weighted by Crippen LogP contribution is -2.13. The van der Waals surface area contributed by atoms with Gasteiger partial charge in [0.15, 0.2) is 0 Å². The maximum atomic E-state index is 13.1. The maximum absolute atomic E-state index is 13.1. The van der Waals surface area contributed by atoms with E-state index < -0.39 is 0 Å². The van der Waals surface area contributed by atoms with Gasteiger partial charge in [-0.05, 0) is 49.2 Å². The molecule has 1 N–H and O–H groups in total. The largest absolute Gasteiger partial charge is 0.321 e. The summed E-state index contributed by atoms with van der Waals surface area (Å²) in [6, 6.07) is 19.8. The van der Waals surface area contributed by atoms with Gasteiger partial charge in [0, 0.05) is 17.1 Å². The van der Waals surface area contributed by atoms with Crippen LogP contribution in [-0.4, -0.2) is 15.9 Å². The van der Waals surface area contributed by atoms with Crippen molar-refractivity contribution >= 4 is 22.5 Å². The highest BCUT2D eigenvalue weighted by molar-refractivity contribution is 6.13. The number of nitrogens with zero attached hydrogens (tertiary/aromatic N) is 2. The molecule has 0 aliphatic rings. The molecule has 0 saturated heterocycles. The topological polar surface area (TPSA) is 54.9 Å². The summed E-state index contributed by atoms with van der Waals surface area (Å²) in [5, 5.41) is 3.78. The van der Waals surface area contributed by atoms with Gasteiger partial charge in [-0.1, -0.05) is 42.8 Å². The van der Waals surface area contributed by atoms with Gasteiger partial charge >= 0.3 is 0 Å². The second-order valence-electron chi connectivity index (χ2n) is 6.82. The second-order valence-corrected chi connectivity index (χ2v) is 6.82. The van der Waals surface area contributed by atoms with Crippen molar-refractivity contribution in [2.45, 2.75) is 20.3 Å². The van der Waals surface area contributed by atoms with E-state index in [-0.39, 0.29) is 5.91 Å². The Labute approximate surface area is 164 Å². The highest BCUT2D eigenvalue weighted by atomic mass is 16.1. The molecule has 0 bridgehead atoms. The number of aromatic nitrogens is 2. The number of carbonyl (C=O) groups excluding carboxylic acids is 1. The average molecular weight is 367 g/mol. The molecule has 4 rings (SSSR count). The zero-order valence-electron chi connectivity index (χ0n) is 15.9. The molecule has 0 fully saturated rings. The van der Waals surface area contributed by atoms with Crippen LogP contribution in [0.25, 0.3) is 22.2 Å². The molecule has 2 aromatic carbocycles. The van der Waals surface area contributed by atoms with Crippen LogP contribution in [-0.2, 0) is 6.42 Å². The van der Waals surface area contributed by atoms with Crippen molar-refractivity contribution in [1.82, 2.24) is 9.97 Å². The minimum absolute atomic E-state index is 0.169. The minimum atomic E-state index is -0.169. The monoisotopic (exact) mass is 367 g/mol. The summed E-state index contributed by atoms with van der Waals surface area (Å²) >= 11 is 0. The Morgan fingerprint density at radius 1 is 1.04 bits per heavy atom. The molecular weight excluding hydrogens is 346 g/mol. The Hall–Kier alpha value is -3.53. The second kappa shape index (κ2) is 7.61. The molecule has 138 valence electrons. The number of fused-ring (bicyclic) bond motifs is 1. The normalized spacial score (nSPS) is 10.8. The molecule has 0 aliphatic carbocycles. The van der Waals surface area contributed by atoms with Gasteiger partial charge in [-0.15, -0.1) is 0 Å². The van der Waals surface area contributed by atoms with Crippen molar-refractivity contribution in [2.24, 2.45) is 0 Å². The average Bonchev–Trinajstić information content (AvgIpc) is 2.73. The van der Waals surface area contributed by atoms with E-state index >= 15 is 0 Å². The first-order chi connectivity index (χ1) is 13.6. The van der Waals surface area contributed by atoms with Gasteiger partial charge in [-0.3, -0.25) is 9.78 Å². The van der Waals surface area contributed by atoms with Crippen LogP contribution < -0.4 is 5.32 Å². The molecular formula is C24H21N3O. The lowest BCUT2D eigenvalue weighted by Gasteiger charge is -2.11. The number of aryl methyl sites for hydroxylation is 2. The van der Waals surface area contributed by atoms with Crippen molar-refractivity contribution in [3.8, 4) is 11.3 Å². The first kappa shape index (κ1) is 17.9. The molecule has 0 unspecified atom stereocenters. The minimum Gasteiger partial charge on any atom is -0.321 e. The predicted octanol–water partition coefficient (Wildman–Crippen LogP) is 5.42. The number of pyridine rings is 2. The molecule has 2 aromatic heterocycles. The first-order valence-corrected chi connectivity index (χ1v) is 9.36. The predicted molar refractivity (Wildman–Crippen MR) is 113 cm³/mol. The van der Waals surface area contributed by atoms with Crippen molar-refractivity contribution in [3.05, 3.63) is 89.7 Å². The zero-order valence-corrected chi connectivity index (χ0v) is 15.9. The van der Waals surface area contributed by atoms with E-state index in [1.807, 2.05) is 37.3 Å². The summed E-state index contributed by atoms with van der Waals surface area (Å²) < 4.78 is 0. The van der Waals surface area contributed by atoms with Crippen molar-refractivity contribution in [2.75, 3.05) is 5.32 Å². The molecule has 4 heteroatoms. The lowest BCUT2D eigenvalue weighted by atomic mass is 10.0. The molecule has 4 aromatic rings. The van der Waals surface area contributed by atoms with Crippen LogP contribution in [0.3, 0.4) is 0 Å². The van der Waals surface area contributed by atoms with Crippen molar-refractivity contribution in [3.63, 3.8) is 0 Å². The van der Waals surface area contributed by atoms with Crippen LogP contribution in [0, 0.1) is 6.92 Å². The van der Waals surface area contributed by atoms with Gasteiger partial charge in [-0.2, -0.15) is 0 Å². The summed E-state index contributed by atoms with van der Waals surface area (Å²) in [6.45, 7) is 4.14. The van der Waals surface area contributed by atoms with Gasteiger partial charge in [0.25, 0.3) is 5.91 Å². The smallest absolute Gasteiger partial charge is 0.256 e. The first-order valence-electron chi connectivity index (χ1n) is 9.36. The molecule has 0 atom stereocenters. The Balaban J connectivity index is 1.82. The summed E-state index contributed by atoms with van der Waals surface area (Å²) in [6.07, 6.45) is 4.30. The van der Waals surface area contributed by atoms with Crippen LogP contribution in [0.5, 0.6) is 0 Å². The third kappa shape index (κ3) is 3.62. The van der Waals surface area contributed by atoms with Crippen molar-refractivity contribution in [1.29, 1.82) is 0 Å². The lowest BCUT2D eigenvalue weighted by molar-refractivity contribution is 0.102. The highest BCUT2D eigenvalue weighted by Crippen LogP contribution is 2.27. The van der Waals surface area contributed by atoms with E-state index in [1.165, 1.54) is 5.56 Å². The molecule has 1 amide bonds. The van der Waals surface area contributed by atoms with E-state index in [0.29, 0.717) is 11.3 Å². The Bertz CT molecular complexity index is 1140. The maximum Gasteiger partial charge on any atom is 0.256 e. The molecule has 0 spiro atoms. The number of rotatable bonds is 4. The van der Waals surface area contributed by atoms with Gasteiger partial charge in [-0.25, -0.2) is 4.98 Å². The molecule has 0 aliphatic heterocycles. The van der Waals surface area contributed by atoms with Crippen LogP contribution in [0.2, 0.25) is 0 Å². The third-order valence-electron chi connectivity index (χ3n) is 4.79. The van der Waals surface area contributed by atoms with Gasteiger partial charge in [0.2, 0.25) is 0 Å². The van der Waals surface area contributed by atoms with E-state index in [4.69, 9.17) is 4.98 Å². The number of nitrogens with one attached hydrogen (secondary N) is 1. The summed E-state index contributed by atoms with van der Waals surface area (Å²) in [5.41, 5.74) is 6.22. The van der Waals surface area contributed by atoms with Crippen LogP contribution in [0.15, 0.2) is 73.1 Å². The summed E-state index contributed by atoms with van der Waals surface area (Å²) in [4.78, 5) is 21.9. The van der Waals surface area contributed by atoms with E-state index in [1.54, 1.807) is 18.5 Å². The number of benzene rings is 2. The van der Waals surface area contributed by atoms with Crippen LogP contribution in [0.1, 0.15) is 28.4 Å².